The van der Waals surface area contributed by atoms with E-state index in [4.69, 9.17) is 9.47 Å². The Labute approximate surface area is 153 Å². The summed E-state index contributed by atoms with van der Waals surface area (Å²) < 4.78 is 11.6. The van der Waals surface area contributed by atoms with E-state index in [-0.39, 0.29) is 23.8 Å². The van der Waals surface area contributed by atoms with E-state index >= 15 is 0 Å². The molecule has 3 nitrogen and oxygen atoms in total. The van der Waals surface area contributed by atoms with Gasteiger partial charge in [0.2, 0.25) is 0 Å². The van der Waals surface area contributed by atoms with Crippen LogP contribution in [0.15, 0.2) is 23.3 Å². The molecule has 2 rings (SSSR count). The SMILES string of the molecule is CC(=O)OC1CC2OC2(C)CC/C(C(C)C)=C/CC(C)CC/C=C/1C. The topological polar surface area (TPSA) is 38.8 Å². The molecule has 4 atom stereocenters. The molecule has 0 aromatic rings. The highest BCUT2D eigenvalue weighted by molar-refractivity contribution is 5.66. The molecule has 0 aromatic heterocycles. The third-order valence-corrected chi connectivity index (χ3v) is 5.84. The molecule has 1 heterocycles. The van der Waals surface area contributed by atoms with Gasteiger partial charge in [0.25, 0.3) is 0 Å². The van der Waals surface area contributed by atoms with E-state index < -0.39 is 0 Å². The average molecular weight is 349 g/mol. The summed E-state index contributed by atoms with van der Waals surface area (Å²) >= 11 is 0. The first kappa shape index (κ1) is 20.2. The fourth-order valence-electron chi connectivity index (χ4n) is 3.75. The van der Waals surface area contributed by atoms with Crippen molar-refractivity contribution >= 4 is 5.97 Å². The zero-order chi connectivity index (χ0) is 18.6. The van der Waals surface area contributed by atoms with Gasteiger partial charge in [0.1, 0.15) is 6.10 Å². The molecule has 0 amide bonds. The molecule has 1 saturated heterocycles. The van der Waals surface area contributed by atoms with Crippen molar-refractivity contribution in [1.82, 2.24) is 0 Å². The molecule has 0 spiro atoms. The number of epoxide rings is 1. The van der Waals surface area contributed by atoms with Gasteiger partial charge in [0.05, 0.1) is 11.7 Å². The van der Waals surface area contributed by atoms with E-state index in [1.54, 1.807) is 5.57 Å². The van der Waals surface area contributed by atoms with Crippen LogP contribution in [0, 0.1) is 11.8 Å². The van der Waals surface area contributed by atoms with Gasteiger partial charge in [0.15, 0.2) is 0 Å². The number of fused-ring (bicyclic) bond motifs is 1. The van der Waals surface area contributed by atoms with Crippen LogP contribution in [-0.4, -0.2) is 23.8 Å². The Morgan fingerprint density at radius 1 is 1.36 bits per heavy atom. The quantitative estimate of drug-likeness (QED) is 0.371. The maximum atomic E-state index is 11.5. The maximum absolute atomic E-state index is 11.5. The summed E-state index contributed by atoms with van der Waals surface area (Å²) in [6.45, 7) is 12.7. The summed E-state index contributed by atoms with van der Waals surface area (Å²) in [5, 5.41) is 0. The van der Waals surface area contributed by atoms with Crippen LogP contribution in [0.5, 0.6) is 0 Å². The second kappa shape index (κ2) is 8.53. The van der Waals surface area contributed by atoms with E-state index in [0.717, 1.165) is 37.7 Å². The largest absolute Gasteiger partial charge is 0.458 e. The Kier molecular flexibility index (Phi) is 6.90. The average Bonchev–Trinajstić information content (AvgIpc) is 3.14. The molecule has 0 saturated carbocycles. The number of hydrogen-bond donors (Lipinski definition) is 0. The van der Waals surface area contributed by atoms with Crippen LogP contribution in [0.3, 0.4) is 0 Å². The van der Waals surface area contributed by atoms with E-state index in [2.05, 4.69) is 46.8 Å². The van der Waals surface area contributed by atoms with E-state index in [9.17, 15) is 4.79 Å². The minimum Gasteiger partial charge on any atom is -0.458 e. The highest BCUT2D eigenvalue weighted by Gasteiger charge is 2.52. The van der Waals surface area contributed by atoms with Crippen molar-refractivity contribution in [2.75, 3.05) is 0 Å². The monoisotopic (exact) mass is 348 g/mol. The second-order valence-corrected chi connectivity index (χ2v) is 8.55. The van der Waals surface area contributed by atoms with Crippen LogP contribution in [0.2, 0.25) is 0 Å². The van der Waals surface area contributed by atoms with Crippen molar-refractivity contribution in [3.8, 4) is 0 Å². The smallest absolute Gasteiger partial charge is 0.303 e. The Hall–Kier alpha value is -1.09. The van der Waals surface area contributed by atoms with Gasteiger partial charge in [-0.05, 0) is 63.4 Å². The molecule has 1 fully saturated rings. The molecule has 1 aliphatic carbocycles. The van der Waals surface area contributed by atoms with E-state index in [0.29, 0.717) is 11.8 Å². The van der Waals surface area contributed by atoms with Crippen molar-refractivity contribution in [3.63, 3.8) is 0 Å². The highest BCUT2D eigenvalue weighted by atomic mass is 16.6. The standard InChI is InChI=1S/C22H36O3/c1-15(2)19-11-10-16(3)8-7-9-17(4)20(24-18(5)23)14-21-22(6,25-21)13-12-19/h9,11,15-16,20-21H,7-8,10,12-14H2,1-6H3/b17-9+,19-11-. The number of allylic oxidation sites excluding steroid dienone is 3. The van der Waals surface area contributed by atoms with Gasteiger partial charge in [-0.1, -0.05) is 38.5 Å². The number of carbonyl (C=O) groups is 1. The third-order valence-electron chi connectivity index (χ3n) is 5.84. The Balaban J connectivity index is 2.15. The van der Waals surface area contributed by atoms with E-state index in [1.807, 2.05) is 0 Å². The minimum absolute atomic E-state index is 0.0671. The summed E-state index contributed by atoms with van der Waals surface area (Å²) in [5.74, 6) is 1.06. The molecule has 0 radical (unpaired) electrons. The predicted molar refractivity (Wildman–Crippen MR) is 102 cm³/mol. The summed E-state index contributed by atoms with van der Waals surface area (Å²) in [7, 11) is 0. The number of rotatable bonds is 2. The molecule has 25 heavy (non-hydrogen) atoms. The van der Waals surface area contributed by atoms with Crippen molar-refractivity contribution in [3.05, 3.63) is 23.3 Å². The minimum atomic E-state index is -0.209. The molecule has 0 aromatic carbocycles. The highest BCUT2D eigenvalue weighted by Crippen LogP contribution is 2.45. The van der Waals surface area contributed by atoms with Gasteiger partial charge in [-0.3, -0.25) is 4.79 Å². The zero-order valence-corrected chi connectivity index (χ0v) is 16.9. The molecule has 3 heteroatoms. The molecular weight excluding hydrogens is 312 g/mol. The van der Waals surface area contributed by atoms with Gasteiger partial charge >= 0.3 is 5.97 Å². The molecular formula is C22H36O3. The summed E-state index contributed by atoms with van der Waals surface area (Å²) in [6.07, 6.45) is 11.0. The fourth-order valence-corrected chi connectivity index (χ4v) is 3.75. The van der Waals surface area contributed by atoms with Gasteiger partial charge in [0, 0.05) is 13.3 Å². The molecule has 0 bridgehead atoms. The number of hydrogen-bond acceptors (Lipinski definition) is 3. The predicted octanol–water partition coefficient (Wildman–Crippen LogP) is 5.59. The van der Waals surface area contributed by atoms with Gasteiger partial charge in [-0.25, -0.2) is 0 Å². The van der Waals surface area contributed by atoms with Gasteiger partial charge < -0.3 is 9.47 Å². The lowest BCUT2D eigenvalue weighted by atomic mass is 9.88. The summed E-state index contributed by atoms with van der Waals surface area (Å²) in [6, 6.07) is 0. The van der Waals surface area contributed by atoms with E-state index in [1.165, 1.54) is 13.3 Å². The summed E-state index contributed by atoms with van der Waals surface area (Å²) in [4.78, 5) is 11.5. The Morgan fingerprint density at radius 2 is 2.08 bits per heavy atom. The molecule has 142 valence electrons. The van der Waals surface area contributed by atoms with Crippen molar-refractivity contribution in [2.45, 2.75) is 97.9 Å². The molecule has 1 aliphatic heterocycles. The normalized spacial score (nSPS) is 38.6. The first-order valence-electron chi connectivity index (χ1n) is 9.92. The van der Waals surface area contributed by atoms with Crippen LogP contribution in [0.4, 0.5) is 0 Å². The van der Waals surface area contributed by atoms with Crippen LogP contribution < -0.4 is 0 Å². The second-order valence-electron chi connectivity index (χ2n) is 8.55. The Morgan fingerprint density at radius 3 is 2.72 bits per heavy atom. The first-order valence-corrected chi connectivity index (χ1v) is 9.92. The van der Waals surface area contributed by atoms with Gasteiger partial charge in [-0.2, -0.15) is 0 Å². The summed E-state index contributed by atoms with van der Waals surface area (Å²) in [5.41, 5.74) is 2.65. The number of ether oxygens (including phenoxy) is 2. The van der Waals surface area contributed by atoms with Crippen LogP contribution >= 0.6 is 0 Å². The maximum Gasteiger partial charge on any atom is 0.303 e. The van der Waals surface area contributed by atoms with Crippen molar-refractivity contribution in [2.24, 2.45) is 11.8 Å². The lowest BCUT2D eigenvalue weighted by Gasteiger charge is -2.20. The molecule has 4 unspecified atom stereocenters. The van der Waals surface area contributed by atoms with Crippen LogP contribution in [0.1, 0.15) is 80.1 Å². The Bertz CT molecular complexity index is 531. The lowest BCUT2D eigenvalue weighted by Crippen LogP contribution is -2.23. The molecule has 2 aliphatic rings. The van der Waals surface area contributed by atoms with Crippen molar-refractivity contribution in [1.29, 1.82) is 0 Å². The van der Waals surface area contributed by atoms with Crippen LogP contribution in [-0.2, 0) is 14.3 Å². The van der Waals surface area contributed by atoms with Crippen LogP contribution in [0.25, 0.3) is 0 Å². The third kappa shape index (κ3) is 5.99. The zero-order valence-electron chi connectivity index (χ0n) is 16.9. The number of esters is 1. The lowest BCUT2D eigenvalue weighted by molar-refractivity contribution is -0.145. The van der Waals surface area contributed by atoms with Crippen molar-refractivity contribution < 1.29 is 14.3 Å². The molecule has 0 N–H and O–H groups in total. The fraction of sp³-hybridized carbons (Fsp3) is 0.773. The number of carbonyl (C=O) groups excluding carboxylic acids is 1. The first-order chi connectivity index (χ1) is 11.7. The van der Waals surface area contributed by atoms with Gasteiger partial charge in [-0.15, -0.1) is 0 Å².